The number of benzene rings is 1. The van der Waals surface area contributed by atoms with Gasteiger partial charge in [-0.3, -0.25) is 0 Å². The second-order valence-electron chi connectivity index (χ2n) is 4.08. The summed E-state index contributed by atoms with van der Waals surface area (Å²) in [6.07, 6.45) is 4.76. The molecule has 1 rings (SSSR count). The van der Waals surface area contributed by atoms with Crippen molar-refractivity contribution in [3.05, 3.63) is 41.6 Å². The highest BCUT2D eigenvalue weighted by Gasteiger charge is 2.12. The van der Waals surface area contributed by atoms with Crippen LogP contribution in [0.15, 0.2) is 30.5 Å². The Morgan fingerprint density at radius 3 is 2.61 bits per heavy atom. The zero-order valence-electron chi connectivity index (χ0n) is 11.3. The van der Waals surface area contributed by atoms with Crippen LogP contribution in [0.3, 0.4) is 0 Å². The summed E-state index contributed by atoms with van der Waals surface area (Å²) in [6.45, 7) is 0. The SMILES string of the molecule is COC(=O)c1cc(C/C=C/N(C)C)ccc1OC. The van der Waals surface area contributed by atoms with Crippen molar-refractivity contribution in [3.63, 3.8) is 0 Å². The number of carbonyl (C=O) groups excluding carboxylic acids is 1. The first kappa shape index (κ1) is 14.1. The van der Waals surface area contributed by atoms with E-state index in [1.165, 1.54) is 14.2 Å². The second-order valence-corrected chi connectivity index (χ2v) is 4.08. The molecule has 4 heteroatoms. The second kappa shape index (κ2) is 6.69. The summed E-state index contributed by atoms with van der Waals surface area (Å²) < 4.78 is 9.87. The standard InChI is InChI=1S/C14H19NO3/c1-15(2)9-5-6-11-7-8-13(17-3)12(10-11)14(16)18-4/h5,7-10H,6H2,1-4H3/b9-5+. The fourth-order valence-electron chi connectivity index (χ4n) is 1.55. The zero-order chi connectivity index (χ0) is 13.5. The monoisotopic (exact) mass is 249 g/mol. The van der Waals surface area contributed by atoms with E-state index in [-0.39, 0.29) is 5.97 Å². The van der Waals surface area contributed by atoms with Crippen LogP contribution < -0.4 is 4.74 Å². The van der Waals surface area contributed by atoms with Crippen LogP contribution in [0, 0.1) is 0 Å². The minimum atomic E-state index is -0.384. The Labute approximate surface area is 108 Å². The van der Waals surface area contributed by atoms with Gasteiger partial charge in [0.1, 0.15) is 11.3 Å². The summed E-state index contributed by atoms with van der Waals surface area (Å²) >= 11 is 0. The first-order valence-corrected chi connectivity index (χ1v) is 5.66. The van der Waals surface area contributed by atoms with Crippen LogP contribution in [0.25, 0.3) is 0 Å². The predicted molar refractivity (Wildman–Crippen MR) is 70.9 cm³/mol. The fraction of sp³-hybridized carbons (Fsp3) is 0.357. The van der Waals surface area contributed by atoms with Crippen molar-refractivity contribution in [3.8, 4) is 5.75 Å². The van der Waals surface area contributed by atoms with E-state index in [0.29, 0.717) is 11.3 Å². The van der Waals surface area contributed by atoms with Crippen LogP contribution in [-0.2, 0) is 11.2 Å². The summed E-state index contributed by atoms with van der Waals surface area (Å²) in [7, 11) is 6.82. The maximum Gasteiger partial charge on any atom is 0.341 e. The molecule has 0 aliphatic carbocycles. The number of methoxy groups -OCH3 is 2. The summed E-state index contributed by atoms with van der Waals surface area (Å²) in [5.41, 5.74) is 1.49. The normalized spacial score (nSPS) is 10.4. The van der Waals surface area contributed by atoms with Crippen molar-refractivity contribution in [2.24, 2.45) is 0 Å². The lowest BCUT2D eigenvalue weighted by Crippen LogP contribution is -2.05. The Hall–Kier alpha value is -1.97. The van der Waals surface area contributed by atoms with E-state index in [1.807, 2.05) is 37.3 Å². The van der Waals surface area contributed by atoms with Gasteiger partial charge in [0.05, 0.1) is 14.2 Å². The van der Waals surface area contributed by atoms with Gasteiger partial charge in [-0.1, -0.05) is 12.1 Å². The number of rotatable bonds is 5. The average Bonchev–Trinajstić information content (AvgIpc) is 2.37. The Morgan fingerprint density at radius 1 is 1.33 bits per heavy atom. The van der Waals surface area contributed by atoms with Gasteiger partial charge < -0.3 is 14.4 Å². The maximum atomic E-state index is 11.6. The van der Waals surface area contributed by atoms with Gasteiger partial charge in [0.15, 0.2) is 0 Å². The summed E-state index contributed by atoms with van der Waals surface area (Å²) in [5, 5.41) is 0. The van der Waals surface area contributed by atoms with Gasteiger partial charge in [-0.2, -0.15) is 0 Å². The van der Waals surface area contributed by atoms with E-state index >= 15 is 0 Å². The average molecular weight is 249 g/mol. The van der Waals surface area contributed by atoms with E-state index in [2.05, 4.69) is 0 Å². The van der Waals surface area contributed by atoms with Crippen molar-refractivity contribution in [2.75, 3.05) is 28.3 Å². The number of hydrogen-bond acceptors (Lipinski definition) is 4. The highest BCUT2D eigenvalue weighted by Crippen LogP contribution is 2.21. The molecule has 1 aromatic carbocycles. The zero-order valence-corrected chi connectivity index (χ0v) is 11.3. The summed E-state index contributed by atoms with van der Waals surface area (Å²) in [5.74, 6) is 0.146. The predicted octanol–water partition coefficient (Wildman–Crippen LogP) is 2.10. The molecule has 0 aromatic heterocycles. The van der Waals surface area contributed by atoms with Gasteiger partial charge in [-0.25, -0.2) is 4.79 Å². The molecule has 1 aromatic rings. The van der Waals surface area contributed by atoms with Crippen LogP contribution in [0.1, 0.15) is 15.9 Å². The third kappa shape index (κ3) is 3.80. The maximum absolute atomic E-state index is 11.6. The molecule has 0 spiro atoms. The lowest BCUT2D eigenvalue weighted by atomic mass is 10.1. The third-order valence-electron chi connectivity index (χ3n) is 2.43. The highest BCUT2D eigenvalue weighted by molar-refractivity contribution is 5.92. The molecule has 4 nitrogen and oxygen atoms in total. The Kier molecular flexibility index (Phi) is 5.24. The molecule has 18 heavy (non-hydrogen) atoms. The van der Waals surface area contributed by atoms with Crippen molar-refractivity contribution in [2.45, 2.75) is 6.42 Å². The lowest BCUT2D eigenvalue weighted by Gasteiger charge is -2.08. The molecule has 0 radical (unpaired) electrons. The molecule has 0 aliphatic rings. The quantitative estimate of drug-likeness (QED) is 0.749. The first-order valence-electron chi connectivity index (χ1n) is 5.66. The molecular formula is C14H19NO3. The Bertz CT molecular complexity index is 439. The van der Waals surface area contributed by atoms with Crippen molar-refractivity contribution in [1.29, 1.82) is 0 Å². The number of allylic oxidation sites excluding steroid dienone is 1. The minimum Gasteiger partial charge on any atom is -0.496 e. The minimum absolute atomic E-state index is 0.384. The van der Waals surface area contributed by atoms with Crippen molar-refractivity contribution < 1.29 is 14.3 Å². The summed E-state index contributed by atoms with van der Waals surface area (Å²) in [4.78, 5) is 13.6. The van der Waals surface area contributed by atoms with Gasteiger partial charge in [-0.05, 0) is 30.3 Å². The molecule has 0 saturated carbocycles. The van der Waals surface area contributed by atoms with E-state index in [9.17, 15) is 4.79 Å². The van der Waals surface area contributed by atoms with Gasteiger partial charge in [0.2, 0.25) is 0 Å². The number of ether oxygens (including phenoxy) is 2. The molecule has 98 valence electrons. The molecule has 0 bridgehead atoms. The molecule has 0 atom stereocenters. The van der Waals surface area contributed by atoms with E-state index in [0.717, 1.165) is 12.0 Å². The van der Waals surface area contributed by atoms with E-state index in [1.54, 1.807) is 12.1 Å². The highest BCUT2D eigenvalue weighted by atomic mass is 16.5. The van der Waals surface area contributed by atoms with Gasteiger partial charge >= 0.3 is 5.97 Å². The van der Waals surface area contributed by atoms with Crippen LogP contribution in [0.2, 0.25) is 0 Å². The number of esters is 1. The van der Waals surface area contributed by atoms with Crippen molar-refractivity contribution in [1.82, 2.24) is 4.90 Å². The smallest absolute Gasteiger partial charge is 0.341 e. The fourth-order valence-corrected chi connectivity index (χ4v) is 1.55. The Morgan fingerprint density at radius 2 is 2.06 bits per heavy atom. The van der Waals surface area contributed by atoms with Gasteiger partial charge in [-0.15, -0.1) is 0 Å². The van der Waals surface area contributed by atoms with Gasteiger partial charge in [0, 0.05) is 14.1 Å². The number of nitrogens with zero attached hydrogens (tertiary/aromatic N) is 1. The van der Waals surface area contributed by atoms with E-state index in [4.69, 9.17) is 9.47 Å². The largest absolute Gasteiger partial charge is 0.496 e. The molecule has 0 aliphatic heterocycles. The van der Waals surface area contributed by atoms with E-state index < -0.39 is 0 Å². The first-order chi connectivity index (χ1) is 8.58. The molecule has 0 heterocycles. The number of hydrogen-bond donors (Lipinski definition) is 0. The third-order valence-corrected chi connectivity index (χ3v) is 2.43. The lowest BCUT2D eigenvalue weighted by molar-refractivity contribution is 0.0597. The van der Waals surface area contributed by atoms with Crippen LogP contribution in [0.4, 0.5) is 0 Å². The summed E-state index contributed by atoms with van der Waals surface area (Å²) in [6, 6.07) is 5.51. The number of carbonyl (C=O) groups is 1. The Balaban J connectivity index is 2.92. The molecular weight excluding hydrogens is 230 g/mol. The molecule has 0 saturated heterocycles. The topological polar surface area (TPSA) is 38.8 Å². The molecule has 0 fully saturated rings. The van der Waals surface area contributed by atoms with Crippen molar-refractivity contribution >= 4 is 5.97 Å². The van der Waals surface area contributed by atoms with Gasteiger partial charge in [0.25, 0.3) is 0 Å². The molecule has 0 unspecified atom stereocenters. The van der Waals surface area contributed by atoms with Crippen LogP contribution >= 0.6 is 0 Å². The molecule has 0 N–H and O–H groups in total. The van der Waals surface area contributed by atoms with Crippen LogP contribution in [-0.4, -0.2) is 39.2 Å². The molecule has 0 amide bonds. The van der Waals surface area contributed by atoms with Crippen LogP contribution in [0.5, 0.6) is 5.75 Å².